The summed E-state index contributed by atoms with van der Waals surface area (Å²) in [6, 6.07) is 6.38. The molecule has 1 aromatic rings. The lowest BCUT2D eigenvalue weighted by molar-refractivity contribution is 0.0374. The van der Waals surface area contributed by atoms with E-state index in [-0.39, 0.29) is 0 Å². The van der Waals surface area contributed by atoms with Crippen LogP contribution in [-0.4, -0.2) is 69.0 Å². The van der Waals surface area contributed by atoms with Gasteiger partial charge in [-0.2, -0.15) is 0 Å². The normalized spacial score (nSPS) is 20.7. The van der Waals surface area contributed by atoms with E-state index in [9.17, 15) is 0 Å². The number of morpholine rings is 2. The van der Waals surface area contributed by atoms with E-state index in [2.05, 4.69) is 28.0 Å². The summed E-state index contributed by atoms with van der Waals surface area (Å²) in [5.74, 6) is 1.10. The summed E-state index contributed by atoms with van der Waals surface area (Å²) in [5, 5.41) is 0. The molecule has 3 rings (SSSR count). The third kappa shape index (κ3) is 4.40. The minimum Gasteiger partial charge on any atom is -0.379 e. The maximum Gasteiger partial charge on any atom is 0.128 e. The van der Waals surface area contributed by atoms with Crippen molar-refractivity contribution in [2.24, 2.45) is 0 Å². The van der Waals surface area contributed by atoms with Crippen molar-refractivity contribution in [3.8, 4) is 0 Å². The summed E-state index contributed by atoms with van der Waals surface area (Å²) in [4.78, 5) is 9.60. The maximum atomic E-state index is 5.40. The second-order valence-corrected chi connectivity index (χ2v) is 5.64. The molecule has 0 saturated carbocycles. The molecule has 2 aliphatic heterocycles. The number of hydrogen-bond donors (Lipinski definition) is 0. The Balaban J connectivity index is 1.48. The Bertz CT molecular complexity index is 429. The van der Waals surface area contributed by atoms with Crippen molar-refractivity contribution in [1.82, 2.24) is 9.88 Å². The molecule has 2 aliphatic rings. The molecule has 0 aliphatic carbocycles. The first-order chi connectivity index (χ1) is 10.4. The van der Waals surface area contributed by atoms with Crippen LogP contribution in [0.4, 0.5) is 5.82 Å². The van der Waals surface area contributed by atoms with Crippen LogP contribution in [0.3, 0.4) is 0 Å². The molecule has 2 fully saturated rings. The standard InChI is InChI=1S/C16H25N3O2/c1-3-15(4-2-6-18-7-11-20-12-8-18)17-16(5-1)19-9-13-21-14-10-19/h1,3,5H,2,4,6-14H2. The molecule has 0 atom stereocenters. The molecule has 0 bridgehead atoms. The number of aryl methyl sites for hydroxylation is 1. The van der Waals surface area contributed by atoms with Gasteiger partial charge >= 0.3 is 0 Å². The van der Waals surface area contributed by atoms with E-state index in [1.54, 1.807) is 0 Å². The summed E-state index contributed by atoms with van der Waals surface area (Å²) >= 11 is 0. The summed E-state index contributed by atoms with van der Waals surface area (Å²) in [6.07, 6.45) is 2.22. The lowest BCUT2D eigenvalue weighted by Gasteiger charge is -2.28. The number of pyridine rings is 1. The number of nitrogens with zero attached hydrogens (tertiary/aromatic N) is 3. The molecule has 0 N–H and O–H groups in total. The van der Waals surface area contributed by atoms with Gasteiger partial charge in [-0.15, -0.1) is 0 Å². The van der Waals surface area contributed by atoms with Gasteiger partial charge in [-0.25, -0.2) is 4.98 Å². The first kappa shape index (κ1) is 14.8. The van der Waals surface area contributed by atoms with Crippen LogP contribution in [0, 0.1) is 0 Å². The zero-order valence-electron chi connectivity index (χ0n) is 12.7. The summed E-state index contributed by atoms with van der Waals surface area (Å²) in [6.45, 7) is 8.56. The highest BCUT2D eigenvalue weighted by molar-refractivity contribution is 5.39. The molecule has 116 valence electrons. The lowest BCUT2D eigenvalue weighted by atomic mass is 10.2. The number of hydrogen-bond acceptors (Lipinski definition) is 5. The minimum atomic E-state index is 0.808. The van der Waals surface area contributed by atoms with Crippen LogP contribution in [-0.2, 0) is 15.9 Å². The van der Waals surface area contributed by atoms with Crippen molar-refractivity contribution < 1.29 is 9.47 Å². The van der Waals surface area contributed by atoms with Crippen LogP contribution in [0.2, 0.25) is 0 Å². The van der Waals surface area contributed by atoms with Gasteiger partial charge in [-0.05, 0) is 31.5 Å². The van der Waals surface area contributed by atoms with Gasteiger partial charge in [0.2, 0.25) is 0 Å². The van der Waals surface area contributed by atoms with Gasteiger partial charge in [0, 0.05) is 31.9 Å². The van der Waals surface area contributed by atoms with Crippen LogP contribution < -0.4 is 4.90 Å². The average Bonchev–Trinajstić information content (AvgIpc) is 2.57. The van der Waals surface area contributed by atoms with Gasteiger partial charge < -0.3 is 14.4 Å². The molecule has 0 radical (unpaired) electrons. The second-order valence-electron chi connectivity index (χ2n) is 5.64. The number of anilines is 1. The van der Waals surface area contributed by atoms with Crippen LogP contribution in [0.15, 0.2) is 18.2 Å². The van der Waals surface area contributed by atoms with Crippen LogP contribution in [0.1, 0.15) is 12.1 Å². The highest BCUT2D eigenvalue weighted by Crippen LogP contribution is 2.14. The summed E-state index contributed by atoms with van der Waals surface area (Å²) < 4.78 is 10.8. The fraction of sp³-hybridized carbons (Fsp3) is 0.688. The fourth-order valence-corrected chi connectivity index (χ4v) is 2.88. The fourth-order valence-electron chi connectivity index (χ4n) is 2.88. The van der Waals surface area contributed by atoms with Gasteiger partial charge in [0.15, 0.2) is 0 Å². The van der Waals surface area contributed by atoms with E-state index >= 15 is 0 Å². The smallest absolute Gasteiger partial charge is 0.128 e. The van der Waals surface area contributed by atoms with Crippen molar-refractivity contribution in [3.63, 3.8) is 0 Å². The van der Waals surface area contributed by atoms with Crippen molar-refractivity contribution >= 4 is 5.82 Å². The van der Waals surface area contributed by atoms with Crippen molar-refractivity contribution in [2.75, 3.05) is 64.1 Å². The first-order valence-electron chi connectivity index (χ1n) is 8.00. The molecule has 2 saturated heterocycles. The Labute approximate surface area is 126 Å². The molecule has 0 amide bonds. The molecule has 5 nitrogen and oxygen atoms in total. The third-order valence-corrected chi connectivity index (χ3v) is 4.14. The zero-order valence-corrected chi connectivity index (χ0v) is 12.7. The topological polar surface area (TPSA) is 37.8 Å². The quantitative estimate of drug-likeness (QED) is 0.814. The number of aromatic nitrogens is 1. The molecule has 21 heavy (non-hydrogen) atoms. The molecular formula is C16H25N3O2. The Morgan fingerprint density at radius 3 is 2.43 bits per heavy atom. The van der Waals surface area contributed by atoms with Gasteiger partial charge in [-0.3, -0.25) is 4.90 Å². The molecule has 3 heterocycles. The van der Waals surface area contributed by atoms with Crippen molar-refractivity contribution in [3.05, 3.63) is 23.9 Å². The van der Waals surface area contributed by atoms with Gasteiger partial charge in [0.1, 0.15) is 5.82 Å². The van der Waals surface area contributed by atoms with Crippen LogP contribution in [0.25, 0.3) is 0 Å². The molecule has 1 aromatic heterocycles. The van der Waals surface area contributed by atoms with Crippen molar-refractivity contribution in [1.29, 1.82) is 0 Å². The summed E-state index contributed by atoms with van der Waals surface area (Å²) in [5.41, 5.74) is 1.20. The minimum absolute atomic E-state index is 0.808. The van der Waals surface area contributed by atoms with Gasteiger partial charge in [0.25, 0.3) is 0 Å². The molecular weight excluding hydrogens is 266 g/mol. The van der Waals surface area contributed by atoms with Crippen molar-refractivity contribution in [2.45, 2.75) is 12.8 Å². The number of ether oxygens (including phenoxy) is 2. The predicted molar refractivity (Wildman–Crippen MR) is 82.8 cm³/mol. The highest BCUT2D eigenvalue weighted by Gasteiger charge is 2.13. The van der Waals surface area contributed by atoms with E-state index in [1.165, 1.54) is 12.1 Å². The van der Waals surface area contributed by atoms with Gasteiger partial charge in [-0.1, -0.05) is 6.07 Å². The molecule has 5 heteroatoms. The Kier molecular flexibility index (Phi) is 5.43. The highest BCUT2D eigenvalue weighted by atomic mass is 16.5. The zero-order chi connectivity index (χ0) is 14.3. The second kappa shape index (κ2) is 7.73. The summed E-state index contributed by atoms with van der Waals surface area (Å²) in [7, 11) is 0. The van der Waals surface area contributed by atoms with E-state index in [0.29, 0.717) is 0 Å². The molecule has 0 aromatic carbocycles. The molecule has 0 spiro atoms. The van der Waals surface area contributed by atoms with Gasteiger partial charge in [0.05, 0.1) is 26.4 Å². The molecule has 0 unspecified atom stereocenters. The Morgan fingerprint density at radius 2 is 1.67 bits per heavy atom. The van der Waals surface area contributed by atoms with E-state index in [0.717, 1.165) is 71.4 Å². The largest absolute Gasteiger partial charge is 0.379 e. The van der Waals surface area contributed by atoms with E-state index in [4.69, 9.17) is 14.5 Å². The SMILES string of the molecule is c1cc(CCCN2CCOCC2)nc(N2CCOCC2)c1. The van der Waals surface area contributed by atoms with E-state index < -0.39 is 0 Å². The van der Waals surface area contributed by atoms with E-state index in [1.807, 2.05) is 0 Å². The average molecular weight is 291 g/mol. The maximum absolute atomic E-state index is 5.40. The lowest BCUT2D eigenvalue weighted by Crippen LogP contribution is -2.37. The Morgan fingerprint density at radius 1 is 0.952 bits per heavy atom. The monoisotopic (exact) mass is 291 g/mol. The third-order valence-electron chi connectivity index (χ3n) is 4.14. The Hall–Kier alpha value is -1.17. The van der Waals surface area contributed by atoms with Crippen LogP contribution >= 0.6 is 0 Å². The van der Waals surface area contributed by atoms with Crippen LogP contribution in [0.5, 0.6) is 0 Å². The predicted octanol–water partition coefficient (Wildman–Crippen LogP) is 1.18. The first-order valence-corrected chi connectivity index (χ1v) is 8.00. The number of rotatable bonds is 5.